The van der Waals surface area contributed by atoms with Gasteiger partial charge in [-0.2, -0.15) is 0 Å². The summed E-state index contributed by atoms with van der Waals surface area (Å²) < 4.78 is 11.0. The molecule has 160 valence electrons. The Hall–Kier alpha value is -2.50. The van der Waals surface area contributed by atoms with Crippen molar-refractivity contribution in [3.63, 3.8) is 0 Å². The van der Waals surface area contributed by atoms with E-state index in [9.17, 15) is 9.90 Å². The van der Waals surface area contributed by atoms with Crippen molar-refractivity contribution in [1.82, 2.24) is 0 Å². The number of carbonyl (C=O) groups is 1. The minimum Gasteiger partial charge on any atom is -0.493 e. The van der Waals surface area contributed by atoms with Crippen LogP contribution in [0.25, 0.3) is 6.08 Å². The first-order valence-corrected chi connectivity index (χ1v) is 10.7. The number of nitrogens with zero attached hydrogens (tertiary/aromatic N) is 1. The molecule has 5 nitrogen and oxygen atoms in total. The number of hydrogen-bond acceptors (Lipinski definition) is 5. The maximum Gasteiger partial charge on any atom is 0.185 e. The normalized spacial score (nSPS) is 14.9. The van der Waals surface area contributed by atoms with Crippen LogP contribution in [0.1, 0.15) is 42.1 Å². The Morgan fingerprint density at radius 2 is 1.93 bits per heavy atom. The predicted molar refractivity (Wildman–Crippen MR) is 121 cm³/mol. The second kappa shape index (κ2) is 10.5. The van der Waals surface area contributed by atoms with Gasteiger partial charge in [-0.3, -0.25) is 4.79 Å². The molecule has 0 unspecified atom stereocenters. The van der Waals surface area contributed by atoms with Crippen LogP contribution in [0.3, 0.4) is 0 Å². The molecule has 1 heterocycles. The molecule has 1 saturated heterocycles. The van der Waals surface area contributed by atoms with E-state index < -0.39 is 0 Å². The van der Waals surface area contributed by atoms with E-state index in [1.807, 2.05) is 31.2 Å². The summed E-state index contributed by atoms with van der Waals surface area (Å²) in [5.74, 6) is 0.974. The average Bonchev–Trinajstić information content (AvgIpc) is 2.77. The van der Waals surface area contributed by atoms with Gasteiger partial charge in [0.2, 0.25) is 0 Å². The predicted octanol–water partition coefficient (Wildman–Crippen LogP) is 4.99. The second-order valence-electron chi connectivity index (χ2n) is 7.35. The maximum absolute atomic E-state index is 12.6. The highest BCUT2D eigenvalue weighted by Gasteiger charge is 2.17. The van der Waals surface area contributed by atoms with Crippen molar-refractivity contribution in [2.24, 2.45) is 0 Å². The van der Waals surface area contributed by atoms with Gasteiger partial charge in [0.15, 0.2) is 17.3 Å². The summed E-state index contributed by atoms with van der Waals surface area (Å²) in [7, 11) is 1.56. The van der Waals surface area contributed by atoms with Crippen LogP contribution >= 0.6 is 11.6 Å². The van der Waals surface area contributed by atoms with Gasteiger partial charge in [0, 0.05) is 24.3 Å². The molecule has 30 heavy (non-hydrogen) atoms. The molecule has 0 spiro atoms. The standard InChI is InChI=1S/C24H28ClNO4/c1-3-14-30-24-21(25)15-17(16-23(24)29-2)4-9-22(28)18-5-7-19(8-6-18)26-12-10-20(27)11-13-26/h4-9,15-16,20,27H,3,10-14H2,1-2H3. The average molecular weight is 430 g/mol. The van der Waals surface area contributed by atoms with Crippen molar-refractivity contribution < 1.29 is 19.4 Å². The highest BCUT2D eigenvalue weighted by Crippen LogP contribution is 2.37. The molecule has 1 aliphatic rings. The number of aliphatic hydroxyl groups is 1. The zero-order valence-electron chi connectivity index (χ0n) is 17.4. The third-order valence-electron chi connectivity index (χ3n) is 5.11. The summed E-state index contributed by atoms with van der Waals surface area (Å²) in [4.78, 5) is 14.8. The monoisotopic (exact) mass is 429 g/mol. The van der Waals surface area contributed by atoms with Gasteiger partial charge >= 0.3 is 0 Å². The van der Waals surface area contributed by atoms with E-state index >= 15 is 0 Å². The van der Waals surface area contributed by atoms with Crippen LogP contribution in [0, 0.1) is 0 Å². The van der Waals surface area contributed by atoms with Crippen LogP contribution in [0.5, 0.6) is 11.5 Å². The van der Waals surface area contributed by atoms with Crippen molar-refractivity contribution in [2.75, 3.05) is 31.7 Å². The van der Waals surface area contributed by atoms with Gasteiger partial charge in [0.1, 0.15) is 0 Å². The van der Waals surface area contributed by atoms with E-state index in [4.69, 9.17) is 21.1 Å². The smallest absolute Gasteiger partial charge is 0.185 e. The lowest BCUT2D eigenvalue weighted by atomic mass is 10.1. The fraction of sp³-hybridized carbons (Fsp3) is 0.375. The Labute approximate surface area is 182 Å². The van der Waals surface area contributed by atoms with Crippen LogP contribution < -0.4 is 14.4 Å². The number of piperidine rings is 1. The highest BCUT2D eigenvalue weighted by atomic mass is 35.5. The van der Waals surface area contributed by atoms with Crippen LogP contribution in [0.4, 0.5) is 5.69 Å². The summed E-state index contributed by atoms with van der Waals surface area (Å²) in [6, 6.07) is 11.1. The number of rotatable bonds is 8. The van der Waals surface area contributed by atoms with Crippen molar-refractivity contribution in [3.8, 4) is 11.5 Å². The van der Waals surface area contributed by atoms with Gasteiger partial charge in [0.05, 0.1) is 24.8 Å². The van der Waals surface area contributed by atoms with Crippen molar-refractivity contribution in [2.45, 2.75) is 32.3 Å². The third kappa shape index (κ3) is 5.55. The molecule has 0 amide bonds. The van der Waals surface area contributed by atoms with Gasteiger partial charge in [-0.25, -0.2) is 0 Å². The zero-order chi connectivity index (χ0) is 21.5. The summed E-state index contributed by atoms with van der Waals surface area (Å²) in [5.41, 5.74) is 2.45. The minimum absolute atomic E-state index is 0.0861. The molecule has 0 aliphatic carbocycles. The quantitative estimate of drug-likeness (QED) is 0.473. The van der Waals surface area contributed by atoms with Gasteiger partial charge in [-0.05, 0) is 67.3 Å². The summed E-state index contributed by atoms with van der Waals surface area (Å²) in [5, 5.41) is 10.1. The number of halogens is 1. The highest BCUT2D eigenvalue weighted by molar-refractivity contribution is 6.32. The van der Waals surface area contributed by atoms with Crippen LogP contribution in [-0.2, 0) is 0 Å². The van der Waals surface area contributed by atoms with Gasteiger partial charge in [0.25, 0.3) is 0 Å². The zero-order valence-corrected chi connectivity index (χ0v) is 18.2. The van der Waals surface area contributed by atoms with E-state index in [2.05, 4.69) is 4.90 Å². The van der Waals surface area contributed by atoms with Gasteiger partial charge < -0.3 is 19.5 Å². The minimum atomic E-state index is -0.202. The van der Waals surface area contributed by atoms with Crippen LogP contribution in [0.2, 0.25) is 5.02 Å². The number of ketones is 1. The van der Waals surface area contributed by atoms with E-state index in [1.54, 1.807) is 25.3 Å². The lowest BCUT2D eigenvalue weighted by Gasteiger charge is -2.31. The fourth-order valence-corrected chi connectivity index (χ4v) is 3.68. The van der Waals surface area contributed by atoms with E-state index in [0.29, 0.717) is 28.7 Å². The number of allylic oxidation sites excluding steroid dienone is 1. The molecule has 1 aliphatic heterocycles. The van der Waals surface area contributed by atoms with E-state index in [0.717, 1.165) is 43.6 Å². The lowest BCUT2D eigenvalue weighted by molar-refractivity contribution is 0.104. The molecular formula is C24H28ClNO4. The molecule has 0 atom stereocenters. The molecule has 1 N–H and O–H groups in total. The second-order valence-corrected chi connectivity index (χ2v) is 7.75. The number of benzene rings is 2. The molecule has 0 aromatic heterocycles. The molecule has 2 aromatic rings. The van der Waals surface area contributed by atoms with Crippen LogP contribution in [0.15, 0.2) is 42.5 Å². The van der Waals surface area contributed by atoms with Crippen LogP contribution in [-0.4, -0.2) is 43.8 Å². The van der Waals surface area contributed by atoms with Crippen molar-refractivity contribution in [3.05, 3.63) is 58.6 Å². The van der Waals surface area contributed by atoms with Crippen molar-refractivity contribution >= 4 is 29.1 Å². The number of aliphatic hydroxyl groups excluding tert-OH is 1. The molecule has 1 fully saturated rings. The van der Waals surface area contributed by atoms with E-state index in [1.165, 1.54) is 6.08 Å². The molecule has 0 bridgehead atoms. The Balaban J connectivity index is 1.68. The summed E-state index contributed by atoms with van der Waals surface area (Å²) >= 11 is 6.34. The Kier molecular flexibility index (Phi) is 7.77. The largest absolute Gasteiger partial charge is 0.493 e. The molecule has 0 saturated carbocycles. The number of carbonyl (C=O) groups excluding carboxylic acids is 1. The third-order valence-corrected chi connectivity index (χ3v) is 5.39. The summed E-state index contributed by atoms with van der Waals surface area (Å²) in [6.07, 6.45) is 5.47. The maximum atomic E-state index is 12.6. The van der Waals surface area contributed by atoms with Crippen molar-refractivity contribution in [1.29, 1.82) is 0 Å². The lowest BCUT2D eigenvalue weighted by Crippen LogP contribution is -2.35. The molecule has 2 aromatic carbocycles. The number of ether oxygens (including phenoxy) is 2. The first-order chi connectivity index (χ1) is 14.5. The summed E-state index contributed by atoms with van der Waals surface area (Å²) in [6.45, 7) is 4.23. The molecular weight excluding hydrogens is 402 g/mol. The Morgan fingerprint density at radius 3 is 2.57 bits per heavy atom. The first kappa shape index (κ1) is 22.2. The molecule has 3 rings (SSSR count). The fourth-order valence-electron chi connectivity index (χ4n) is 3.41. The topological polar surface area (TPSA) is 59.0 Å². The molecule has 6 heteroatoms. The Bertz CT molecular complexity index is 887. The number of methoxy groups -OCH3 is 1. The number of hydrogen-bond donors (Lipinski definition) is 1. The Morgan fingerprint density at radius 1 is 1.23 bits per heavy atom. The number of anilines is 1. The van der Waals surface area contributed by atoms with E-state index in [-0.39, 0.29) is 11.9 Å². The first-order valence-electron chi connectivity index (χ1n) is 10.3. The van der Waals surface area contributed by atoms with Gasteiger partial charge in [-0.1, -0.05) is 24.6 Å². The molecule has 0 radical (unpaired) electrons. The van der Waals surface area contributed by atoms with Gasteiger partial charge in [-0.15, -0.1) is 0 Å². The SMILES string of the molecule is CCCOc1c(Cl)cc(C=CC(=O)c2ccc(N3CCC(O)CC3)cc2)cc1OC.